The fourth-order valence-electron chi connectivity index (χ4n) is 1.57. The second-order valence-corrected chi connectivity index (χ2v) is 4.85. The summed E-state index contributed by atoms with van der Waals surface area (Å²) in [4.78, 5) is 0.590. The smallest absolute Gasteiger partial charge is 0.423 e. The fraction of sp³-hybridized carbons (Fsp3) is 0.0769. The molecule has 0 radical (unpaired) electrons. The van der Waals surface area contributed by atoms with E-state index in [-0.39, 0.29) is 5.82 Å². The molecule has 0 aliphatic carbocycles. The van der Waals surface area contributed by atoms with Crippen LogP contribution < -0.4 is 5.46 Å². The van der Waals surface area contributed by atoms with Gasteiger partial charge in [-0.05, 0) is 23.2 Å². The van der Waals surface area contributed by atoms with Gasteiger partial charge in [0.15, 0.2) is 0 Å². The third-order valence-electron chi connectivity index (χ3n) is 2.48. The minimum atomic E-state index is -1.47. The van der Waals surface area contributed by atoms with Crippen LogP contribution >= 0.6 is 11.8 Å². The van der Waals surface area contributed by atoms with Gasteiger partial charge >= 0.3 is 7.12 Å². The van der Waals surface area contributed by atoms with Crippen molar-refractivity contribution in [3.05, 3.63) is 59.9 Å². The molecule has 2 aromatic carbocycles. The van der Waals surface area contributed by atoms with Crippen molar-refractivity contribution in [1.29, 1.82) is 0 Å². The molecular formula is C13H12BFO2S. The summed E-state index contributed by atoms with van der Waals surface area (Å²) in [6.45, 7) is 0. The molecule has 0 amide bonds. The lowest BCUT2D eigenvalue weighted by Gasteiger charge is -2.05. The number of hydrogen-bond acceptors (Lipinski definition) is 3. The molecule has 92 valence electrons. The minimum absolute atomic E-state index is 0.235. The van der Waals surface area contributed by atoms with E-state index in [1.807, 2.05) is 6.07 Å². The second kappa shape index (κ2) is 6.04. The minimum Gasteiger partial charge on any atom is -0.423 e. The average molecular weight is 262 g/mol. The number of thioether (sulfide) groups is 1. The van der Waals surface area contributed by atoms with Crippen LogP contribution in [0.1, 0.15) is 5.56 Å². The molecule has 0 aliphatic heterocycles. The van der Waals surface area contributed by atoms with Crippen molar-refractivity contribution in [2.75, 3.05) is 0 Å². The third-order valence-corrected chi connectivity index (χ3v) is 3.60. The van der Waals surface area contributed by atoms with E-state index in [0.29, 0.717) is 16.1 Å². The highest BCUT2D eigenvalue weighted by atomic mass is 32.2. The van der Waals surface area contributed by atoms with Crippen LogP contribution in [0.25, 0.3) is 0 Å². The highest BCUT2D eigenvalue weighted by molar-refractivity contribution is 7.98. The monoisotopic (exact) mass is 262 g/mol. The number of halogens is 1. The zero-order valence-electron chi connectivity index (χ0n) is 9.58. The normalized spacial score (nSPS) is 10.4. The Morgan fingerprint density at radius 2 is 1.83 bits per heavy atom. The Hall–Kier alpha value is -1.30. The van der Waals surface area contributed by atoms with Crippen LogP contribution in [-0.2, 0) is 5.75 Å². The van der Waals surface area contributed by atoms with Gasteiger partial charge in [0, 0.05) is 10.6 Å². The summed E-state index contributed by atoms with van der Waals surface area (Å²) in [6.07, 6.45) is 0. The summed E-state index contributed by atoms with van der Waals surface area (Å²) >= 11 is 1.38. The summed E-state index contributed by atoms with van der Waals surface area (Å²) < 4.78 is 13.4. The molecule has 2 rings (SSSR count). The average Bonchev–Trinajstić information content (AvgIpc) is 2.38. The van der Waals surface area contributed by atoms with Gasteiger partial charge < -0.3 is 10.0 Å². The SMILES string of the molecule is OB(O)c1cccc(CSc2ccccc2F)c1. The molecule has 0 aliphatic rings. The molecule has 5 heteroatoms. The van der Waals surface area contributed by atoms with Crippen LogP contribution in [0.15, 0.2) is 53.4 Å². The Bertz CT molecular complexity index is 534. The fourth-order valence-corrected chi connectivity index (χ4v) is 2.45. The molecule has 2 N–H and O–H groups in total. The second-order valence-electron chi connectivity index (χ2n) is 3.84. The standard InChI is InChI=1S/C13H12BFO2S/c15-12-6-1-2-7-13(12)18-9-10-4-3-5-11(8-10)14(16)17/h1-8,16-17H,9H2. The maximum Gasteiger partial charge on any atom is 0.488 e. The molecule has 2 nitrogen and oxygen atoms in total. The molecule has 0 saturated heterocycles. The van der Waals surface area contributed by atoms with E-state index in [4.69, 9.17) is 10.0 Å². The molecule has 0 saturated carbocycles. The van der Waals surface area contributed by atoms with Gasteiger partial charge in [-0.25, -0.2) is 4.39 Å². The lowest BCUT2D eigenvalue weighted by Crippen LogP contribution is -2.29. The first-order valence-electron chi connectivity index (χ1n) is 5.49. The van der Waals surface area contributed by atoms with Gasteiger partial charge in [0.05, 0.1) is 0 Å². The van der Waals surface area contributed by atoms with Crippen molar-refractivity contribution in [3.63, 3.8) is 0 Å². The van der Waals surface area contributed by atoms with Gasteiger partial charge in [0.1, 0.15) is 5.82 Å². The van der Waals surface area contributed by atoms with E-state index < -0.39 is 7.12 Å². The third kappa shape index (κ3) is 3.35. The van der Waals surface area contributed by atoms with Gasteiger partial charge in [0.2, 0.25) is 0 Å². The van der Waals surface area contributed by atoms with E-state index in [2.05, 4.69) is 0 Å². The first kappa shape index (κ1) is 13.1. The zero-order valence-corrected chi connectivity index (χ0v) is 10.4. The van der Waals surface area contributed by atoms with Gasteiger partial charge in [-0.1, -0.05) is 36.4 Å². The van der Waals surface area contributed by atoms with Crippen molar-refractivity contribution < 1.29 is 14.4 Å². The molecule has 2 aromatic rings. The van der Waals surface area contributed by atoms with Crippen LogP contribution in [0.3, 0.4) is 0 Å². The Labute approximate surface area is 110 Å². The van der Waals surface area contributed by atoms with E-state index >= 15 is 0 Å². The molecule has 0 unspecified atom stereocenters. The Morgan fingerprint density at radius 3 is 2.56 bits per heavy atom. The molecule has 0 spiro atoms. The van der Waals surface area contributed by atoms with Crippen molar-refractivity contribution >= 4 is 24.3 Å². The van der Waals surface area contributed by atoms with Crippen LogP contribution in [-0.4, -0.2) is 17.2 Å². The Morgan fingerprint density at radius 1 is 1.06 bits per heavy atom. The molecule has 0 fully saturated rings. The number of rotatable bonds is 4. The topological polar surface area (TPSA) is 40.5 Å². The zero-order chi connectivity index (χ0) is 13.0. The van der Waals surface area contributed by atoms with E-state index in [9.17, 15) is 4.39 Å². The largest absolute Gasteiger partial charge is 0.488 e. The van der Waals surface area contributed by atoms with Crippen molar-refractivity contribution in [1.82, 2.24) is 0 Å². The molecule has 0 aromatic heterocycles. The summed E-state index contributed by atoms with van der Waals surface area (Å²) in [5, 5.41) is 18.1. The van der Waals surface area contributed by atoms with Gasteiger partial charge in [-0.2, -0.15) is 0 Å². The van der Waals surface area contributed by atoms with E-state index in [0.717, 1.165) is 5.56 Å². The maximum absolute atomic E-state index is 13.4. The Kier molecular flexibility index (Phi) is 4.41. The predicted octanol–water partition coefficient (Wildman–Crippen LogP) is 1.80. The number of hydrogen-bond donors (Lipinski definition) is 2. The summed E-state index contributed by atoms with van der Waals surface area (Å²) in [5.74, 6) is 0.349. The maximum atomic E-state index is 13.4. The van der Waals surface area contributed by atoms with Crippen LogP contribution in [0.5, 0.6) is 0 Å². The summed E-state index contributed by atoms with van der Waals surface area (Å²) in [5.41, 5.74) is 1.37. The first-order valence-corrected chi connectivity index (χ1v) is 6.47. The van der Waals surface area contributed by atoms with Gasteiger partial charge in [0.25, 0.3) is 0 Å². The number of benzene rings is 2. The highest BCUT2D eigenvalue weighted by Crippen LogP contribution is 2.24. The molecule has 0 atom stereocenters. The summed E-state index contributed by atoms with van der Waals surface area (Å²) in [7, 11) is -1.47. The van der Waals surface area contributed by atoms with Crippen molar-refractivity contribution in [2.24, 2.45) is 0 Å². The van der Waals surface area contributed by atoms with Gasteiger partial charge in [-0.3, -0.25) is 0 Å². The van der Waals surface area contributed by atoms with Gasteiger partial charge in [-0.15, -0.1) is 11.8 Å². The summed E-state index contributed by atoms with van der Waals surface area (Å²) in [6, 6.07) is 13.6. The van der Waals surface area contributed by atoms with Crippen LogP contribution in [0, 0.1) is 5.82 Å². The molecule has 0 heterocycles. The lowest BCUT2D eigenvalue weighted by atomic mass is 9.80. The van der Waals surface area contributed by atoms with Crippen molar-refractivity contribution in [2.45, 2.75) is 10.6 Å². The molecule has 0 bridgehead atoms. The predicted molar refractivity (Wildman–Crippen MR) is 72.2 cm³/mol. The van der Waals surface area contributed by atoms with E-state index in [1.165, 1.54) is 17.8 Å². The molecule has 18 heavy (non-hydrogen) atoms. The molecular weight excluding hydrogens is 250 g/mol. The quantitative estimate of drug-likeness (QED) is 0.652. The lowest BCUT2D eigenvalue weighted by molar-refractivity contribution is 0.425. The van der Waals surface area contributed by atoms with Crippen LogP contribution in [0.4, 0.5) is 4.39 Å². The highest BCUT2D eigenvalue weighted by Gasteiger charge is 2.10. The van der Waals surface area contributed by atoms with Crippen LogP contribution in [0.2, 0.25) is 0 Å². The van der Waals surface area contributed by atoms with E-state index in [1.54, 1.807) is 36.4 Å². The van der Waals surface area contributed by atoms with Crippen molar-refractivity contribution in [3.8, 4) is 0 Å². The Balaban J connectivity index is 2.07. The first-order chi connectivity index (χ1) is 8.66.